The SMILES string of the molecule is CCOC(=O)CCCCNC1c2ccccc2N(C)S(=O)(=O)c2cc(Cl)ccc21. The molecule has 0 bridgehead atoms. The molecule has 0 spiro atoms. The van der Waals surface area contributed by atoms with E-state index in [-0.39, 0.29) is 16.9 Å². The van der Waals surface area contributed by atoms with Crippen LogP contribution in [0.4, 0.5) is 5.69 Å². The number of sulfonamides is 1. The molecule has 1 aliphatic rings. The van der Waals surface area contributed by atoms with Crippen molar-refractivity contribution in [3.05, 3.63) is 58.6 Å². The van der Waals surface area contributed by atoms with Crippen LogP contribution in [0.15, 0.2) is 47.4 Å². The van der Waals surface area contributed by atoms with Crippen molar-refractivity contribution in [2.75, 3.05) is 24.5 Å². The number of benzene rings is 2. The lowest BCUT2D eigenvalue weighted by Crippen LogP contribution is -2.26. The van der Waals surface area contributed by atoms with Crippen molar-refractivity contribution >= 4 is 33.3 Å². The number of carbonyl (C=O) groups excluding carboxylic acids is 1. The maximum absolute atomic E-state index is 13.2. The minimum Gasteiger partial charge on any atom is -0.466 e. The second-order valence-electron chi connectivity index (χ2n) is 6.86. The number of carbonyl (C=O) groups is 1. The molecule has 29 heavy (non-hydrogen) atoms. The third-order valence-electron chi connectivity index (χ3n) is 4.97. The summed E-state index contributed by atoms with van der Waals surface area (Å²) in [6.07, 6.45) is 1.84. The lowest BCUT2D eigenvalue weighted by atomic mass is 9.96. The number of nitrogens with one attached hydrogen (secondary N) is 1. The van der Waals surface area contributed by atoms with E-state index >= 15 is 0 Å². The minimum atomic E-state index is -3.73. The molecule has 0 aliphatic carbocycles. The standard InChI is InChI=1S/C21H25ClN2O4S/c1-3-28-20(25)10-6-7-13-23-21-16-8-4-5-9-18(16)24(2)29(26,27)19-14-15(22)11-12-17(19)21/h4-5,8-9,11-12,14,21,23H,3,6-7,10,13H2,1-2H3. The zero-order chi connectivity index (χ0) is 21.0. The monoisotopic (exact) mass is 436 g/mol. The Labute approximate surface area is 176 Å². The van der Waals surface area contributed by atoms with E-state index in [2.05, 4.69) is 5.32 Å². The summed E-state index contributed by atoms with van der Waals surface area (Å²) in [6.45, 7) is 2.80. The van der Waals surface area contributed by atoms with E-state index in [1.54, 1.807) is 32.2 Å². The van der Waals surface area contributed by atoms with Gasteiger partial charge in [-0.25, -0.2) is 8.42 Å². The first-order valence-electron chi connectivity index (χ1n) is 9.62. The van der Waals surface area contributed by atoms with Gasteiger partial charge in [-0.15, -0.1) is 0 Å². The zero-order valence-corrected chi connectivity index (χ0v) is 18.1. The highest BCUT2D eigenvalue weighted by Crippen LogP contribution is 2.40. The van der Waals surface area contributed by atoms with E-state index in [1.807, 2.05) is 18.2 Å². The molecule has 1 N–H and O–H groups in total. The molecule has 6 nitrogen and oxygen atoms in total. The van der Waals surface area contributed by atoms with Crippen LogP contribution in [0.1, 0.15) is 43.4 Å². The molecule has 2 aromatic carbocycles. The molecule has 0 saturated heterocycles. The molecule has 1 heterocycles. The van der Waals surface area contributed by atoms with Crippen LogP contribution in [0.2, 0.25) is 5.02 Å². The van der Waals surface area contributed by atoms with Crippen LogP contribution in [0.5, 0.6) is 0 Å². The van der Waals surface area contributed by atoms with Gasteiger partial charge in [0.05, 0.1) is 23.2 Å². The number of nitrogens with zero attached hydrogens (tertiary/aromatic N) is 1. The zero-order valence-electron chi connectivity index (χ0n) is 16.5. The number of anilines is 1. The predicted octanol–water partition coefficient (Wildman–Crippen LogP) is 3.89. The van der Waals surface area contributed by atoms with Gasteiger partial charge in [-0.2, -0.15) is 0 Å². The molecule has 2 aromatic rings. The summed E-state index contributed by atoms with van der Waals surface area (Å²) in [5.41, 5.74) is 2.17. The van der Waals surface area contributed by atoms with Gasteiger partial charge in [0, 0.05) is 18.5 Å². The normalized spacial score (nSPS) is 17.2. The van der Waals surface area contributed by atoms with Crippen LogP contribution in [0, 0.1) is 0 Å². The van der Waals surface area contributed by atoms with E-state index in [0.717, 1.165) is 12.0 Å². The average Bonchev–Trinajstić information content (AvgIpc) is 2.76. The van der Waals surface area contributed by atoms with Crippen molar-refractivity contribution in [3.63, 3.8) is 0 Å². The summed E-state index contributed by atoms with van der Waals surface area (Å²) in [7, 11) is -2.18. The molecule has 3 rings (SSSR count). The van der Waals surface area contributed by atoms with Crippen molar-refractivity contribution in [2.45, 2.75) is 37.1 Å². The van der Waals surface area contributed by atoms with E-state index in [4.69, 9.17) is 16.3 Å². The summed E-state index contributed by atoms with van der Waals surface area (Å²) < 4.78 is 32.6. The van der Waals surface area contributed by atoms with Crippen LogP contribution in [-0.4, -0.2) is 34.6 Å². The Bertz CT molecular complexity index is 994. The average molecular weight is 437 g/mol. The topological polar surface area (TPSA) is 75.7 Å². The van der Waals surface area contributed by atoms with Crippen LogP contribution >= 0.6 is 11.6 Å². The Kier molecular flexibility index (Phi) is 6.82. The molecule has 1 unspecified atom stereocenters. The lowest BCUT2D eigenvalue weighted by Gasteiger charge is -2.22. The Morgan fingerprint density at radius 3 is 2.69 bits per heavy atom. The van der Waals surface area contributed by atoms with Gasteiger partial charge in [-0.05, 0) is 55.6 Å². The van der Waals surface area contributed by atoms with Gasteiger partial charge in [0.1, 0.15) is 0 Å². The summed E-state index contributed by atoms with van der Waals surface area (Å²) in [5, 5.41) is 3.85. The third kappa shape index (κ3) is 4.57. The minimum absolute atomic E-state index is 0.194. The molecular weight excluding hydrogens is 412 g/mol. The van der Waals surface area contributed by atoms with Gasteiger partial charge >= 0.3 is 5.97 Å². The summed E-state index contributed by atoms with van der Waals surface area (Å²) >= 11 is 6.12. The Morgan fingerprint density at radius 1 is 1.17 bits per heavy atom. The molecule has 0 amide bonds. The first-order chi connectivity index (χ1) is 13.9. The lowest BCUT2D eigenvalue weighted by molar-refractivity contribution is -0.143. The second-order valence-corrected chi connectivity index (χ2v) is 9.24. The number of esters is 1. The van der Waals surface area contributed by atoms with Crippen molar-refractivity contribution in [1.29, 1.82) is 0 Å². The molecular formula is C21H25ClN2O4S. The molecule has 0 fully saturated rings. The van der Waals surface area contributed by atoms with Gasteiger partial charge < -0.3 is 10.1 Å². The molecule has 156 valence electrons. The van der Waals surface area contributed by atoms with E-state index in [1.165, 1.54) is 10.4 Å². The first-order valence-corrected chi connectivity index (χ1v) is 11.4. The summed E-state index contributed by atoms with van der Waals surface area (Å²) in [5.74, 6) is -0.194. The van der Waals surface area contributed by atoms with Crippen LogP contribution in [-0.2, 0) is 19.6 Å². The van der Waals surface area contributed by atoms with Crippen LogP contribution < -0.4 is 9.62 Å². The molecule has 0 saturated carbocycles. The van der Waals surface area contributed by atoms with E-state index in [9.17, 15) is 13.2 Å². The Morgan fingerprint density at radius 2 is 1.93 bits per heavy atom. The van der Waals surface area contributed by atoms with Crippen molar-refractivity contribution < 1.29 is 17.9 Å². The van der Waals surface area contributed by atoms with Crippen LogP contribution in [0.3, 0.4) is 0 Å². The number of hydrogen-bond acceptors (Lipinski definition) is 5. The highest BCUT2D eigenvalue weighted by atomic mass is 35.5. The summed E-state index contributed by atoms with van der Waals surface area (Å²) in [6, 6.07) is 12.1. The number of ether oxygens (including phenoxy) is 1. The van der Waals surface area contributed by atoms with Gasteiger partial charge in [0.25, 0.3) is 10.0 Å². The van der Waals surface area contributed by atoms with E-state index in [0.29, 0.717) is 42.3 Å². The van der Waals surface area contributed by atoms with E-state index < -0.39 is 10.0 Å². The van der Waals surface area contributed by atoms with Crippen LogP contribution in [0.25, 0.3) is 0 Å². The maximum atomic E-state index is 13.2. The fraction of sp³-hybridized carbons (Fsp3) is 0.381. The number of para-hydroxylation sites is 1. The van der Waals surface area contributed by atoms with Crippen molar-refractivity contribution in [1.82, 2.24) is 5.32 Å². The fourth-order valence-electron chi connectivity index (χ4n) is 3.53. The van der Waals surface area contributed by atoms with Crippen molar-refractivity contribution in [3.8, 4) is 0 Å². The van der Waals surface area contributed by atoms with Gasteiger partial charge in [0.15, 0.2) is 0 Å². The smallest absolute Gasteiger partial charge is 0.305 e. The Balaban J connectivity index is 1.88. The molecule has 0 aromatic heterocycles. The highest BCUT2D eigenvalue weighted by molar-refractivity contribution is 7.92. The van der Waals surface area contributed by atoms with Gasteiger partial charge in [0.2, 0.25) is 0 Å². The molecule has 0 radical (unpaired) electrons. The number of halogens is 1. The molecule has 1 atom stereocenters. The molecule has 8 heteroatoms. The second kappa shape index (κ2) is 9.15. The highest BCUT2D eigenvalue weighted by Gasteiger charge is 2.34. The number of rotatable bonds is 7. The molecule has 1 aliphatic heterocycles. The predicted molar refractivity (Wildman–Crippen MR) is 114 cm³/mol. The maximum Gasteiger partial charge on any atom is 0.305 e. The first kappa shape index (κ1) is 21.6. The van der Waals surface area contributed by atoms with Crippen molar-refractivity contribution in [2.24, 2.45) is 0 Å². The third-order valence-corrected chi connectivity index (χ3v) is 7.04. The number of fused-ring (bicyclic) bond motifs is 2. The number of unbranched alkanes of at least 4 members (excludes halogenated alkanes) is 1. The van der Waals surface area contributed by atoms with Gasteiger partial charge in [-0.1, -0.05) is 35.9 Å². The summed E-state index contributed by atoms with van der Waals surface area (Å²) in [4.78, 5) is 11.7. The van der Waals surface area contributed by atoms with Gasteiger partial charge in [-0.3, -0.25) is 9.10 Å². The Hall–Kier alpha value is -2.09. The fourth-order valence-corrected chi connectivity index (χ4v) is 5.24. The largest absolute Gasteiger partial charge is 0.466 e. The number of hydrogen-bond donors (Lipinski definition) is 1. The quantitative estimate of drug-likeness (QED) is 0.526.